The summed E-state index contributed by atoms with van der Waals surface area (Å²) in [4.78, 5) is 13.5. The number of rotatable bonds is 5. The topological polar surface area (TPSA) is 98.0 Å². The Morgan fingerprint density at radius 1 is 1.06 bits per heavy atom. The van der Waals surface area contributed by atoms with Crippen molar-refractivity contribution >= 4 is 5.78 Å². The molecule has 0 bridgehead atoms. The molecule has 188 valence electrons. The molecule has 4 aliphatic rings. The minimum atomic E-state index is -0.811. The fourth-order valence-corrected chi connectivity index (χ4v) is 8.43. The van der Waals surface area contributed by atoms with Crippen molar-refractivity contribution in [2.24, 2.45) is 34.5 Å². The lowest BCUT2D eigenvalue weighted by molar-refractivity contribution is -0.137. The number of Topliss-reactive ketones (excluding diaryl/α,β-unsaturated/α-hetero) is 1. The highest BCUT2D eigenvalue weighted by Crippen LogP contribution is 2.63. The summed E-state index contributed by atoms with van der Waals surface area (Å²) in [5.74, 6) is 0.842. The molecule has 9 atom stereocenters. The van der Waals surface area contributed by atoms with E-state index >= 15 is 0 Å². The van der Waals surface area contributed by atoms with Crippen LogP contribution >= 0.6 is 0 Å². The third-order valence-electron chi connectivity index (χ3n) is 10.2. The lowest BCUT2D eigenvalue weighted by atomic mass is 9.55. The average Bonchev–Trinajstić information content (AvgIpc) is 2.99. The van der Waals surface area contributed by atoms with E-state index < -0.39 is 23.4 Å². The Hall–Kier alpha value is -0.750. The molecule has 0 heterocycles. The van der Waals surface area contributed by atoms with Gasteiger partial charge >= 0.3 is 0 Å². The fraction of sp³-hybridized carbons (Fsp3) is 0.893. The van der Waals surface area contributed by atoms with Gasteiger partial charge in [-0.15, -0.1) is 0 Å². The van der Waals surface area contributed by atoms with Crippen LogP contribution in [0, 0.1) is 34.5 Å². The van der Waals surface area contributed by atoms with Crippen molar-refractivity contribution in [3.05, 3.63) is 11.6 Å². The second-order valence-electron chi connectivity index (χ2n) is 13.4. The summed E-state index contributed by atoms with van der Waals surface area (Å²) in [6.07, 6.45) is 8.17. The molecule has 0 radical (unpaired) electrons. The molecule has 4 rings (SSSR count). The van der Waals surface area contributed by atoms with Crippen LogP contribution in [0.1, 0.15) is 98.8 Å². The van der Waals surface area contributed by atoms with E-state index in [4.69, 9.17) is 0 Å². The van der Waals surface area contributed by atoms with Gasteiger partial charge < -0.3 is 20.4 Å². The van der Waals surface area contributed by atoms with E-state index in [1.807, 2.05) is 20.8 Å². The Bertz CT molecular complexity index is 795. The van der Waals surface area contributed by atoms with Gasteiger partial charge in [0.05, 0.1) is 23.4 Å². The maximum absolute atomic E-state index is 13.5. The van der Waals surface area contributed by atoms with Crippen molar-refractivity contribution in [1.29, 1.82) is 0 Å². The second kappa shape index (κ2) is 8.43. The normalized spacial score (nSPS) is 45.4. The van der Waals surface area contributed by atoms with Crippen molar-refractivity contribution in [2.75, 3.05) is 0 Å². The van der Waals surface area contributed by atoms with E-state index in [9.17, 15) is 25.2 Å². The third kappa shape index (κ3) is 4.60. The van der Waals surface area contributed by atoms with Crippen molar-refractivity contribution in [3.8, 4) is 0 Å². The summed E-state index contributed by atoms with van der Waals surface area (Å²) < 4.78 is 0. The Balaban J connectivity index is 1.54. The Labute approximate surface area is 199 Å². The van der Waals surface area contributed by atoms with Crippen LogP contribution in [-0.2, 0) is 4.79 Å². The van der Waals surface area contributed by atoms with E-state index in [0.29, 0.717) is 38.0 Å². The minimum absolute atomic E-state index is 0.102. The van der Waals surface area contributed by atoms with Crippen LogP contribution in [0.2, 0.25) is 0 Å². The van der Waals surface area contributed by atoms with Crippen LogP contribution < -0.4 is 0 Å². The molecular formula is C28H46O5. The van der Waals surface area contributed by atoms with Crippen LogP contribution in [0.3, 0.4) is 0 Å². The largest absolute Gasteiger partial charge is 0.390 e. The molecule has 0 aromatic rings. The van der Waals surface area contributed by atoms with Crippen molar-refractivity contribution in [1.82, 2.24) is 0 Å². The first-order valence-electron chi connectivity index (χ1n) is 13.2. The summed E-state index contributed by atoms with van der Waals surface area (Å²) in [7, 11) is 0. The van der Waals surface area contributed by atoms with Crippen LogP contribution in [0.25, 0.3) is 0 Å². The second-order valence-corrected chi connectivity index (χ2v) is 13.4. The van der Waals surface area contributed by atoms with Gasteiger partial charge in [-0.05, 0) is 107 Å². The third-order valence-corrected chi connectivity index (χ3v) is 10.2. The zero-order valence-corrected chi connectivity index (χ0v) is 21.3. The molecule has 3 saturated carbocycles. The molecule has 0 saturated heterocycles. The summed E-state index contributed by atoms with van der Waals surface area (Å²) >= 11 is 0. The Kier molecular flexibility index (Phi) is 6.47. The molecule has 5 nitrogen and oxygen atoms in total. The molecule has 0 amide bonds. The molecule has 4 aliphatic carbocycles. The molecule has 8 unspecified atom stereocenters. The summed E-state index contributed by atoms with van der Waals surface area (Å²) in [6.45, 7) is 10.1. The van der Waals surface area contributed by atoms with Gasteiger partial charge in [-0.2, -0.15) is 0 Å². The molecule has 0 spiro atoms. The first kappa shape index (κ1) is 25.3. The highest BCUT2D eigenvalue weighted by molar-refractivity contribution is 5.83. The molecular weight excluding hydrogens is 416 g/mol. The molecule has 0 aliphatic heterocycles. The minimum Gasteiger partial charge on any atom is -0.390 e. The van der Waals surface area contributed by atoms with Crippen molar-refractivity contribution < 1.29 is 25.2 Å². The zero-order chi connectivity index (χ0) is 24.4. The van der Waals surface area contributed by atoms with Crippen LogP contribution in [0.4, 0.5) is 0 Å². The molecule has 3 fully saturated rings. The summed E-state index contributed by atoms with van der Waals surface area (Å²) in [5.41, 5.74) is -0.498. The smallest absolute Gasteiger partial charge is 0.137 e. The number of fused-ring (bicyclic) bond motifs is 4. The zero-order valence-electron chi connectivity index (χ0n) is 21.3. The van der Waals surface area contributed by atoms with Crippen LogP contribution in [0.15, 0.2) is 11.6 Å². The van der Waals surface area contributed by atoms with Gasteiger partial charge in [-0.1, -0.05) is 25.5 Å². The number of carbonyl (C=O) groups excluding carboxylic acids is 1. The number of aliphatic hydroxyl groups excluding tert-OH is 2. The number of carbonyl (C=O) groups is 1. The highest BCUT2D eigenvalue weighted by Gasteiger charge is 2.58. The molecule has 0 aromatic carbocycles. The van der Waals surface area contributed by atoms with Gasteiger partial charge in [0.1, 0.15) is 5.78 Å². The van der Waals surface area contributed by atoms with Gasteiger partial charge in [-0.3, -0.25) is 4.79 Å². The number of ketones is 1. The number of allylic oxidation sites excluding steroid dienone is 2. The molecule has 4 N–H and O–H groups in total. The van der Waals surface area contributed by atoms with Gasteiger partial charge in [0.25, 0.3) is 0 Å². The quantitative estimate of drug-likeness (QED) is 0.460. The van der Waals surface area contributed by atoms with Gasteiger partial charge in [0.2, 0.25) is 0 Å². The molecule has 33 heavy (non-hydrogen) atoms. The number of hydrogen-bond acceptors (Lipinski definition) is 5. The van der Waals surface area contributed by atoms with Gasteiger partial charge in [-0.25, -0.2) is 0 Å². The van der Waals surface area contributed by atoms with Crippen LogP contribution in [-0.4, -0.2) is 49.6 Å². The maximum atomic E-state index is 13.5. The van der Waals surface area contributed by atoms with Crippen molar-refractivity contribution in [2.45, 2.75) is 122 Å². The lowest BCUT2D eigenvalue weighted by Gasteiger charge is -2.50. The van der Waals surface area contributed by atoms with Crippen LogP contribution in [0.5, 0.6) is 0 Å². The Morgan fingerprint density at radius 3 is 2.42 bits per heavy atom. The van der Waals surface area contributed by atoms with Gasteiger partial charge in [0, 0.05) is 12.3 Å². The summed E-state index contributed by atoms with van der Waals surface area (Å²) in [5, 5.41) is 42.3. The predicted octanol–water partition coefficient (Wildman–Crippen LogP) is 4.16. The predicted molar refractivity (Wildman–Crippen MR) is 128 cm³/mol. The maximum Gasteiger partial charge on any atom is 0.137 e. The first-order chi connectivity index (χ1) is 15.2. The lowest BCUT2D eigenvalue weighted by Crippen LogP contribution is -2.48. The van der Waals surface area contributed by atoms with Crippen molar-refractivity contribution in [3.63, 3.8) is 0 Å². The number of hydrogen-bond donors (Lipinski definition) is 4. The molecule has 5 heteroatoms. The van der Waals surface area contributed by atoms with E-state index in [0.717, 1.165) is 32.1 Å². The fourth-order valence-electron chi connectivity index (χ4n) is 8.43. The van der Waals surface area contributed by atoms with E-state index in [-0.39, 0.29) is 34.4 Å². The standard InChI is InChI=1S/C28H46O5/c1-25(2,32)10-6-11-28(5,33)24-8-7-19-18-13-21(29)20-14-22(30)23(31)16-26(20,3)15-17(18)9-12-27(19,24)4/h7,17-18,20,22-24,30-33H,6,8-16H2,1-5H3/t17?,18?,20?,22?,23?,24?,26?,27?,28-/m0/s1. The average molecular weight is 463 g/mol. The first-order valence-corrected chi connectivity index (χ1v) is 13.2. The monoisotopic (exact) mass is 462 g/mol. The van der Waals surface area contributed by atoms with E-state index in [1.54, 1.807) is 0 Å². The summed E-state index contributed by atoms with van der Waals surface area (Å²) in [6, 6.07) is 0. The highest BCUT2D eigenvalue weighted by atomic mass is 16.3. The van der Waals surface area contributed by atoms with Gasteiger partial charge in [0.15, 0.2) is 0 Å². The number of aliphatic hydroxyl groups is 4. The Morgan fingerprint density at radius 2 is 1.76 bits per heavy atom. The SMILES string of the molecule is CC(C)(O)CCC[C@](C)(O)C1CC=C2C3CC(=O)C4CC(O)C(O)CC4(C)CC3CCC21C. The van der Waals surface area contributed by atoms with E-state index in [2.05, 4.69) is 19.9 Å². The molecule has 0 aromatic heterocycles. The van der Waals surface area contributed by atoms with E-state index in [1.165, 1.54) is 5.57 Å².